The topological polar surface area (TPSA) is 134 Å². The summed E-state index contributed by atoms with van der Waals surface area (Å²) in [5.41, 5.74) is 0.188. The van der Waals surface area contributed by atoms with Crippen molar-refractivity contribution < 1.29 is 33.8 Å². The zero-order valence-electron chi connectivity index (χ0n) is 24.6. The molecule has 0 aliphatic heterocycles. The quantitative estimate of drug-likeness (QED) is 0.229. The van der Waals surface area contributed by atoms with Gasteiger partial charge in [0.2, 0.25) is 11.8 Å². The zero-order chi connectivity index (χ0) is 30.4. The monoisotopic (exact) mass is 569 g/mol. The van der Waals surface area contributed by atoms with Gasteiger partial charge in [-0.05, 0) is 38.8 Å². The van der Waals surface area contributed by atoms with Crippen LogP contribution >= 0.6 is 0 Å². The summed E-state index contributed by atoms with van der Waals surface area (Å²) >= 11 is 0. The van der Waals surface area contributed by atoms with Crippen LogP contribution in [0.25, 0.3) is 0 Å². The summed E-state index contributed by atoms with van der Waals surface area (Å²) in [4.78, 5) is 54.0. The fourth-order valence-corrected chi connectivity index (χ4v) is 4.27. The van der Waals surface area contributed by atoms with Gasteiger partial charge in [-0.2, -0.15) is 0 Å². The van der Waals surface area contributed by atoms with Crippen LogP contribution in [0.15, 0.2) is 54.6 Å². The molecule has 0 saturated heterocycles. The van der Waals surface area contributed by atoms with E-state index in [-0.39, 0.29) is 24.3 Å². The van der Waals surface area contributed by atoms with Crippen LogP contribution in [-0.4, -0.2) is 65.7 Å². The van der Waals surface area contributed by atoms with Crippen LogP contribution in [-0.2, 0) is 30.3 Å². The Labute approximate surface area is 242 Å². The molecule has 0 aliphatic rings. The Morgan fingerprint density at radius 2 is 1.61 bits per heavy atom. The Bertz CT molecular complexity index is 1150. The molecule has 0 aromatic heterocycles. The SMILES string of the molecule is CCCCCCN(C(=O)C(Cc1ccccc1)NC(=O)OC(C)(C)C)C(C(=O)NCC(=O)OC)c1ccccc1O. The molecule has 3 amide bonds. The lowest BCUT2D eigenvalue weighted by atomic mass is 9.99. The predicted molar refractivity (Wildman–Crippen MR) is 155 cm³/mol. The number of para-hydroxylation sites is 1. The summed E-state index contributed by atoms with van der Waals surface area (Å²) in [5, 5.41) is 16.0. The maximum atomic E-state index is 14.3. The van der Waals surface area contributed by atoms with Gasteiger partial charge in [0.05, 0.1) is 7.11 Å². The van der Waals surface area contributed by atoms with E-state index < -0.39 is 48.1 Å². The predicted octanol–water partition coefficient (Wildman–Crippen LogP) is 4.27. The molecule has 0 aliphatic carbocycles. The molecule has 3 N–H and O–H groups in total. The number of nitrogens with one attached hydrogen (secondary N) is 2. The summed E-state index contributed by atoms with van der Waals surface area (Å²) in [6, 6.07) is 13.1. The number of ether oxygens (including phenoxy) is 2. The van der Waals surface area contributed by atoms with Crippen LogP contribution in [0.5, 0.6) is 5.75 Å². The van der Waals surface area contributed by atoms with E-state index in [1.807, 2.05) is 30.3 Å². The van der Waals surface area contributed by atoms with E-state index in [2.05, 4.69) is 22.3 Å². The lowest BCUT2D eigenvalue weighted by molar-refractivity contribution is -0.144. The van der Waals surface area contributed by atoms with Crippen molar-refractivity contribution in [3.8, 4) is 5.75 Å². The molecule has 0 bridgehead atoms. The van der Waals surface area contributed by atoms with Gasteiger partial charge in [0.15, 0.2) is 0 Å². The van der Waals surface area contributed by atoms with Crippen molar-refractivity contribution in [2.45, 2.75) is 77.5 Å². The molecule has 2 unspecified atom stereocenters. The molecule has 0 fully saturated rings. The number of methoxy groups -OCH3 is 1. The highest BCUT2D eigenvalue weighted by atomic mass is 16.6. The number of phenolic OH excluding ortho intramolecular Hbond substituents is 1. The second-order valence-electron chi connectivity index (χ2n) is 10.7. The normalized spacial score (nSPS) is 12.5. The Hall–Kier alpha value is -4.08. The number of hydrogen-bond acceptors (Lipinski definition) is 7. The fourth-order valence-electron chi connectivity index (χ4n) is 4.27. The Balaban J connectivity index is 2.55. The number of aromatic hydroxyl groups is 1. The van der Waals surface area contributed by atoms with Crippen molar-refractivity contribution in [1.82, 2.24) is 15.5 Å². The van der Waals surface area contributed by atoms with Gasteiger partial charge in [0.1, 0.15) is 30.0 Å². The van der Waals surface area contributed by atoms with Crippen LogP contribution < -0.4 is 10.6 Å². The summed E-state index contributed by atoms with van der Waals surface area (Å²) in [6.07, 6.45) is 2.65. The molecule has 2 rings (SSSR count). The largest absolute Gasteiger partial charge is 0.508 e. The average Bonchev–Trinajstić information content (AvgIpc) is 2.92. The Morgan fingerprint density at radius 1 is 0.951 bits per heavy atom. The molecular weight excluding hydrogens is 526 g/mol. The van der Waals surface area contributed by atoms with Gasteiger partial charge >= 0.3 is 12.1 Å². The molecular formula is C31H43N3O7. The van der Waals surface area contributed by atoms with Crippen molar-refractivity contribution in [1.29, 1.82) is 0 Å². The van der Waals surface area contributed by atoms with Gasteiger partial charge in [-0.25, -0.2) is 4.79 Å². The number of esters is 1. The summed E-state index contributed by atoms with van der Waals surface area (Å²) < 4.78 is 10.1. The second kappa shape index (κ2) is 16.2. The van der Waals surface area contributed by atoms with Crippen molar-refractivity contribution >= 4 is 23.9 Å². The van der Waals surface area contributed by atoms with E-state index in [1.165, 1.54) is 18.1 Å². The first-order chi connectivity index (χ1) is 19.5. The number of phenols is 1. The minimum atomic E-state index is -1.28. The molecule has 41 heavy (non-hydrogen) atoms. The van der Waals surface area contributed by atoms with Crippen molar-refractivity contribution in [2.24, 2.45) is 0 Å². The molecule has 2 atom stereocenters. The Morgan fingerprint density at radius 3 is 2.22 bits per heavy atom. The van der Waals surface area contributed by atoms with Gasteiger partial charge in [-0.15, -0.1) is 0 Å². The van der Waals surface area contributed by atoms with Gasteiger partial charge < -0.3 is 30.1 Å². The first-order valence-corrected chi connectivity index (χ1v) is 13.9. The first kappa shape index (κ1) is 33.1. The van der Waals surface area contributed by atoms with E-state index in [4.69, 9.17) is 4.74 Å². The van der Waals surface area contributed by atoms with Crippen LogP contribution in [0, 0.1) is 0 Å². The standard InChI is InChI=1S/C31H43N3O7/c1-6-7-8-14-19-34(27(23-17-12-13-18-25(23)35)28(37)32-21-26(36)40-5)29(38)24(20-22-15-10-9-11-16-22)33-30(39)41-31(2,3)4/h9-13,15-18,24,27,35H,6-8,14,19-21H2,1-5H3,(H,32,37)(H,33,39). The van der Waals surface area contributed by atoms with Gasteiger partial charge in [-0.1, -0.05) is 74.7 Å². The third-order valence-electron chi connectivity index (χ3n) is 6.23. The number of amides is 3. The molecule has 224 valence electrons. The van der Waals surface area contributed by atoms with Gasteiger partial charge in [0, 0.05) is 18.5 Å². The van der Waals surface area contributed by atoms with E-state index in [0.29, 0.717) is 6.42 Å². The van der Waals surface area contributed by atoms with Gasteiger partial charge in [0.25, 0.3) is 0 Å². The summed E-state index contributed by atoms with van der Waals surface area (Å²) in [6.45, 7) is 6.99. The van der Waals surface area contributed by atoms with Crippen LogP contribution in [0.1, 0.15) is 70.5 Å². The summed E-state index contributed by atoms with van der Waals surface area (Å²) in [7, 11) is 1.20. The molecule has 2 aromatic carbocycles. The maximum absolute atomic E-state index is 14.3. The average molecular weight is 570 g/mol. The van der Waals surface area contributed by atoms with E-state index in [1.54, 1.807) is 39.0 Å². The lowest BCUT2D eigenvalue weighted by Gasteiger charge is -2.35. The minimum absolute atomic E-state index is 0.141. The highest BCUT2D eigenvalue weighted by Gasteiger charge is 2.37. The number of alkyl carbamates (subject to hydrolysis) is 1. The Kier molecular flexibility index (Phi) is 13.1. The first-order valence-electron chi connectivity index (χ1n) is 13.9. The van der Waals surface area contributed by atoms with Crippen LogP contribution in [0.4, 0.5) is 4.79 Å². The number of carbonyl (C=O) groups is 4. The summed E-state index contributed by atoms with van der Waals surface area (Å²) in [5.74, 6) is -2.05. The molecule has 0 spiro atoms. The lowest BCUT2D eigenvalue weighted by Crippen LogP contribution is -2.54. The third kappa shape index (κ3) is 11.1. The smallest absolute Gasteiger partial charge is 0.408 e. The van der Waals surface area contributed by atoms with Crippen LogP contribution in [0.3, 0.4) is 0 Å². The number of unbranched alkanes of at least 4 members (excludes halogenated alkanes) is 3. The van der Waals surface area contributed by atoms with Gasteiger partial charge in [-0.3, -0.25) is 14.4 Å². The van der Waals surface area contributed by atoms with Crippen molar-refractivity contribution in [2.75, 3.05) is 20.2 Å². The van der Waals surface area contributed by atoms with Crippen molar-refractivity contribution in [3.63, 3.8) is 0 Å². The minimum Gasteiger partial charge on any atom is -0.508 e. The number of hydrogen-bond donors (Lipinski definition) is 3. The van der Waals surface area contributed by atoms with Crippen molar-refractivity contribution in [3.05, 3.63) is 65.7 Å². The molecule has 0 radical (unpaired) electrons. The zero-order valence-corrected chi connectivity index (χ0v) is 24.6. The number of nitrogens with zero attached hydrogens (tertiary/aromatic N) is 1. The highest BCUT2D eigenvalue weighted by molar-refractivity contribution is 5.93. The highest BCUT2D eigenvalue weighted by Crippen LogP contribution is 2.30. The molecule has 10 nitrogen and oxygen atoms in total. The van der Waals surface area contributed by atoms with E-state index in [9.17, 15) is 24.3 Å². The molecule has 2 aromatic rings. The number of benzene rings is 2. The molecule has 0 heterocycles. The van der Waals surface area contributed by atoms with E-state index in [0.717, 1.165) is 24.8 Å². The maximum Gasteiger partial charge on any atom is 0.408 e. The molecule has 10 heteroatoms. The molecule has 0 saturated carbocycles. The van der Waals surface area contributed by atoms with Crippen LogP contribution in [0.2, 0.25) is 0 Å². The third-order valence-corrected chi connectivity index (χ3v) is 6.23. The number of rotatable bonds is 14. The number of carbonyl (C=O) groups excluding carboxylic acids is 4. The second-order valence-corrected chi connectivity index (χ2v) is 10.7. The van der Waals surface area contributed by atoms with E-state index >= 15 is 0 Å². The fraction of sp³-hybridized carbons (Fsp3) is 0.484.